The summed E-state index contributed by atoms with van der Waals surface area (Å²) in [4.78, 5) is 11.4. The van der Waals surface area contributed by atoms with Crippen LogP contribution >= 0.6 is 0 Å². The lowest BCUT2D eigenvalue weighted by molar-refractivity contribution is 0.0600. The minimum absolute atomic E-state index is 0.343. The second-order valence-corrected chi connectivity index (χ2v) is 4.36. The van der Waals surface area contributed by atoms with E-state index in [1.807, 2.05) is 43.3 Å². The Morgan fingerprint density at radius 3 is 2.14 bits per heavy atom. The summed E-state index contributed by atoms with van der Waals surface area (Å²) < 4.78 is 15.9. The van der Waals surface area contributed by atoms with Crippen LogP contribution in [-0.2, 0) is 11.3 Å². The zero-order valence-corrected chi connectivity index (χ0v) is 12.2. The van der Waals surface area contributed by atoms with Gasteiger partial charge in [0.25, 0.3) is 0 Å². The summed E-state index contributed by atoms with van der Waals surface area (Å²) in [5.74, 6) is 1.09. The Balaban J connectivity index is 2.01. The zero-order valence-electron chi connectivity index (χ0n) is 12.2. The second kappa shape index (κ2) is 7.33. The standard InChI is InChI=1S/C17H18O4/c1-3-20-15-6-4-5-7-16(15)21-12-13-8-10-14(11-9-13)17(18)19-2/h4-11H,3,12H2,1-2H3. The number of para-hydroxylation sites is 2. The second-order valence-electron chi connectivity index (χ2n) is 4.36. The fourth-order valence-corrected chi connectivity index (χ4v) is 1.86. The van der Waals surface area contributed by atoms with E-state index < -0.39 is 0 Å². The molecule has 0 saturated heterocycles. The van der Waals surface area contributed by atoms with E-state index in [0.29, 0.717) is 24.5 Å². The van der Waals surface area contributed by atoms with Crippen LogP contribution in [0, 0.1) is 0 Å². The lowest BCUT2D eigenvalue weighted by atomic mass is 10.1. The predicted molar refractivity (Wildman–Crippen MR) is 79.7 cm³/mol. The van der Waals surface area contributed by atoms with E-state index in [0.717, 1.165) is 11.3 Å². The number of carbonyl (C=O) groups is 1. The van der Waals surface area contributed by atoms with Crippen molar-refractivity contribution in [1.82, 2.24) is 0 Å². The van der Waals surface area contributed by atoms with Gasteiger partial charge in [0.1, 0.15) is 6.61 Å². The smallest absolute Gasteiger partial charge is 0.337 e. The molecule has 0 bridgehead atoms. The fraction of sp³-hybridized carbons (Fsp3) is 0.235. The highest BCUT2D eigenvalue weighted by Gasteiger charge is 2.06. The summed E-state index contributed by atoms with van der Waals surface area (Å²) in [6.07, 6.45) is 0. The third kappa shape index (κ3) is 3.99. The molecule has 2 rings (SSSR count). The van der Waals surface area contributed by atoms with Crippen LogP contribution in [0.25, 0.3) is 0 Å². The van der Waals surface area contributed by atoms with Gasteiger partial charge in [-0.3, -0.25) is 0 Å². The van der Waals surface area contributed by atoms with Gasteiger partial charge < -0.3 is 14.2 Å². The van der Waals surface area contributed by atoms with Crippen LogP contribution in [0.3, 0.4) is 0 Å². The van der Waals surface area contributed by atoms with E-state index >= 15 is 0 Å². The maximum atomic E-state index is 11.4. The predicted octanol–water partition coefficient (Wildman–Crippen LogP) is 3.45. The summed E-state index contributed by atoms with van der Waals surface area (Å²) in [6.45, 7) is 2.93. The number of carbonyl (C=O) groups excluding carboxylic acids is 1. The molecular formula is C17H18O4. The number of rotatable bonds is 6. The molecule has 0 aliphatic rings. The van der Waals surface area contributed by atoms with Gasteiger partial charge in [-0.1, -0.05) is 24.3 Å². The molecule has 0 fully saturated rings. The molecule has 21 heavy (non-hydrogen) atoms. The largest absolute Gasteiger partial charge is 0.490 e. The molecule has 0 N–H and O–H groups in total. The first-order chi connectivity index (χ1) is 10.2. The normalized spacial score (nSPS) is 10.0. The molecular weight excluding hydrogens is 268 g/mol. The van der Waals surface area contributed by atoms with Gasteiger partial charge >= 0.3 is 5.97 Å². The van der Waals surface area contributed by atoms with Gasteiger partial charge in [-0.15, -0.1) is 0 Å². The van der Waals surface area contributed by atoms with E-state index in [1.54, 1.807) is 12.1 Å². The number of esters is 1. The number of hydrogen-bond donors (Lipinski definition) is 0. The Hall–Kier alpha value is -2.49. The van der Waals surface area contributed by atoms with Crippen LogP contribution in [-0.4, -0.2) is 19.7 Å². The molecule has 4 nitrogen and oxygen atoms in total. The van der Waals surface area contributed by atoms with E-state index in [4.69, 9.17) is 9.47 Å². The van der Waals surface area contributed by atoms with Crippen LogP contribution in [0.2, 0.25) is 0 Å². The van der Waals surface area contributed by atoms with Gasteiger partial charge in [0, 0.05) is 0 Å². The molecule has 2 aromatic carbocycles. The Kier molecular flexibility index (Phi) is 5.21. The van der Waals surface area contributed by atoms with Crippen molar-refractivity contribution in [2.75, 3.05) is 13.7 Å². The number of benzene rings is 2. The molecule has 2 aromatic rings. The minimum atomic E-state index is -0.343. The van der Waals surface area contributed by atoms with Crippen molar-refractivity contribution in [3.63, 3.8) is 0 Å². The summed E-state index contributed by atoms with van der Waals surface area (Å²) in [5.41, 5.74) is 1.49. The lowest BCUT2D eigenvalue weighted by Crippen LogP contribution is -2.02. The Labute approximate surface area is 124 Å². The van der Waals surface area contributed by atoms with E-state index in [1.165, 1.54) is 7.11 Å². The molecule has 0 radical (unpaired) electrons. The molecule has 4 heteroatoms. The van der Waals surface area contributed by atoms with E-state index in [-0.39, 0.29) is 5.97 Å². The minimum Gasteiger partial charge on any atom is -0.490 e. The van der Waals surface area contributed by atoms with Crippen molar-refractivity contribution in [2.45, 2.75) is 13.5 Å². The molecule has 0 amide bonds. The Morgan fingerprint density at radius 2 is 1.57 bits per heavy atom. The number of hydrogen-bond acceptors (Lipinski definition) is 4. The molecule has 0 saturated carbocycles. The first-order valence-electron chi connectivity index (χ1n) is 6.76. The molecule has 0 aliphatic carbocycles. The van der Waals surface area contributed by atoms with Crippen molar-refractivity contribution in [2.24, 2.45) is 0 Å². The molecule has 0 unspecified atom stereocenters. The summed E-state index contributed by atoms with van der Waals surface area (Å²) >= 11 is 0. The quantitative estimate of drug-likeness (QED) is 0.763. The third-order valence-corrected chi connectivity index (χ3v) is 2.92. The SMILES string of the molecule is CCOc1ccccc1OCc1ccc(C(=O)OC)cc1. The van der Waals surface area contributed by atoms with Crippen molar-refractivity contribution in [1.29, 1.82) is 0 Å². The molecule has 0 atom stereocenters. The van der Waals surface area contributed by atoms with Crippen LogP contribution < -0.4 is 9.47 Å². The van der Waals surface area contributed by atoms with Gasteiger partial charge in [0.15, 0.2) is 11.5 Å². The van der Waals surface area contributed by atoms with E-state index in [9.17, 15) is 4.79 Å². The third-order valence-electron chi connectivity index (χ3n) is 2.92. The topological polar surface area (TPSA) is 44.8 Å². The van der Waals surface area contributed by atoms with Crippen LogP contribution in [0.1, 0.15) is 22.8 Å². The van der Waals surface area contributed by atoms with Gasteiger partial charge in [-0.05, 0) is 36.8 Å². The zero-order chi connectivity index (χ0) is 15.1. The fourth-order valence-electron chi connectivity index (χ4n) is 1.86. The summed E-state index contributed by atoms with van der Waals surface area (Å²) in [5, 5.41) is 0. The Morgan fingerprint density at radius 1 is 0.952 bits per heavy atom. The van der Waals surface area contributed by atoms with E-state index in [2.05, 4.69) is 4.74 Å². The maximum Gasteiger partial charge on any atom is 0.337 e. The van der Waals surface area contributed by atoms with Crippen LogP contribution in [0.4, 0.5) is 0 Å². The summed E-state index contributed by atoms with van der Waals surface area (Å²) in [6, 6.07) is 14.7. The van der Waals surface area contributed by atoms with Crippen LogP contribution in [0.5, 0.6) is 11.5 Å². The molecule has 0 aromatic heterocycles. The molecule has 0 spiro atoms. The molecule has 110 valence electrons. The van der Waals surface area contributed by atoms with Crippen molar-refractivity contribution in [3.8, 4) is 11.5 Å². The lowest BCUT2D eigenvalue weighted by Gasteiger charge is -2.11. The van der Waals surface area contributed by atoms with Gasteiger partial charge in [0.2, 0.25) is 0 Å². The average Bonchev–Trinajstić information content (AvgIpc) is 2.54. The highest BCUT2D eigenvalue weighted by atomic mass is 16.5. The first-order valence-corrected chi connectivity index (χ1v) is 6.76. The summed E-state index contributed by atoms with van der Waals surface area (Å²) in [7, 11) is 1.37. The average molecular weight is 286 g/mol. The van der Waals surface area contributed by atoms with Gasteiger partial charge in [0.05, 0.1) is 19.3 Å². The monoisotopic (exact) mass is 286 g/mol. The number of ether oxygens (including phenoxy) is 3. The van der Waals surface area contributed by atoms with Gasteiger partial charge in [-0.2, -0.15) is 0 Å². The number of methoxy groups -OCH3 is 1. The highest BCUT2D eigenvalue weighted by Crippen LogP contribution is 2.27. The maximum absolute atomic E-state index is 11.4. The molecule has 0 heterocycles. The van der Waals surface area contributed by atoms with Crippen molar-refractivity contribution < 1.29 is 19.0 Å². The first kappa shape index (κ1) is 14.9. The van der Waals surface area contributed by atoms with Crippen LogP contribution in [0.15, 0.2) is 48.5 Å². The Bertz CT molecular complexity index is 590. The highest BCUT2D eigenvalue weighted by molar-refractivity contribution is 5.89. The van der Waals surface area contributed by atoms with Crippen molar-refractivity contribution >= 4 is 5.97 Å². The van der Waals surface area contributed by atoms with Crippen molar-refractivity contribution in [3.05, 3.63) is 59.7 Å². The molecule has 0 aliphatic heterocycles. The van der Waals surface area contributed by atoms with Gasteiger partial charge in [-0.25, -0.2) is 4.79 Å².